The Morgan fingerprint density at radius 1 is 0.944 bits per heavy atom. The molecule has 4 rings (SSSR count). The number of cyclic esters (lactones) is 1. The SMILES string of the molecule is CCc1cc(O)c(Br)c(O)c1C(=O)O[C@@H]1[C@@H](O)[C@@H](OC)[C@@H](OC/C2=C\C=C\CC(O)/C(C)=C/C(CC)C(O[C@@H]3OC(C)(C)[C@@H](O)[C@H](O)[C@@H]3OC(=O)C(C)C)/C(C)=C/C(C)=C/CC(C(C)O)OC2=O)O[C@H]1C. The molecule has 0 spiro atoms. The molecule has 1 aromatic carbocycles. The van der Waals surface area contributed by atoms with E-state index in [1.807, 2.05) is 32.9 Å². The number of aromatic hydroxyl groups is 2. The highest BCUT2D eigenvalue weighted by molar-refractivity contribution is 9.10. The zero-order chi connectivity index (χ0) is 53.2. The van der Waals surface area contributed by atoms with Crippen LogP contribution in [0.25, 0.3) is 0 Å². The van der Waals surface area contributed by atoms with Crippen LogP contribution in [0.2, 0.25) is 0 Å². The van der Waals surface area contributed by atoms with Crippen molar-refractivity contribution in [1.29, 1.82) is 0 Å². The zero-order valence-electron chi connectivity index (χ0n) is 42.7. The molecule has 0 aromatic heterocycles. The number of methoxy groups -OCH3 is 1. The molecule has 3 aliphatic rings. The lowest BCUT2D eigenvalue weighted by atomic mass is 9.88. The topological polar surface area (TPSA) is 267 Å². The van der Waals surface area contributed by atoms with Crippen molar-refractivity contribution < 1.29 is 88.0 Å². The summed E-state index contributed by atoms with van der Waals surface area (Å²) < 4.78 is 47.8. The molecule has 0 bridgehead atoms. The maximum absolute atomic E-state index is 14.0. The number of rotatable bonds is 13. The van der Waals surface area contributed by atoms with Gasteiger partial charge < -0.3 is 73.6 Å². The minimum absolute atomic E-state index is 0.0185. The number of allylic oxidation sites excluding steroid dienone is 4. The Hall–Kier alpha value is -3.99. The summed E-state index contributed by atoms with van der Waals surface area (Å²) in [6, 6.07) is 1.32. The van der Waals surface area contributed by atoms with Crippen molar-refractivity contribution in [3.8, 4) is 11.5 Å². The average molecular weight is 1070 g/mol. The third-order valence-electron chi connectivity index (χ3n) is 12.9. The lowest BCUT2D eigenvalue weighted by molar-refractivity contribution is -0.333. The fourth-order valence-corrected chi connectivity index (χ4v) is 8.76. The van der Waals surface area contributed by atoms with Crippen LogP contribution in [-0.2, 0) is 53.9 Å². The predicted octanol–water partition coefficient (Wildman–Crippen LogP) is 5.69. The summed E-state index contributed by atoms with van der Waals surface area (Å²) in [4.78, 5) is 40.3. The minimum atomic E-state index is -1.54. The summed E-state index contributed by atoms with van der Waals surface area (Å²) in [7, 11) is 1.29. The van der Waals surface area contributed by atoms with E-state index in [0.717, 1.165) is 0 Å². The van der Waals surface area contributed by atoms with Crippen LogP contribution in [0.3, 0.4) is 0 Å². The summed E-state index contributed by atoms with van der Waals surface area (Å²) in [5, 5.41) is 76.9. The molecule has 14 atom stereocenters. The van der Waals surface area contributed by atoms with E-state index in [1.54, 1.807) is 59.8 Å². The van der Waals surface area contributed by atoms with E-state index in [4.69, 9.17) is 37.9 Å². The van der Waals surface area contributed by atoms with Crippen molar-refractivity contribution in [1.82, 2.24) is 0 Å². The van der Waals surface area contributed by atoms with Crippen LogP contribution in [0, 0.1) is 11.8 Å². The second kappa shape index (κ2) is 26.3. The van der Waals surface area contributed by atoms with Crippen LogP contribution >= 0.6 is 15.9 Å². The lowest BCUT2D eigenvalue weighted by Crippen LogP contribution is -2.64. The number of aryl methyl sites for hydroxylation is 1. The second-order valence-electron chi connectivity index (χ2n) is 19.3. The van der Waals surface area contributed by atoms with Crippen molar-refractivity contribution in [2.75, 3.05) is 13.7 Å². The van der Waals surface area contributed by atoms with Gasteiger partial charge in [0.15, 0.2) is 24.8 Å². The molecule has 2 saturated heterocycles. The van der Waals surface area contributed by atoms with Gasteiger partial charge in [-0.05, 0) is 113 Å². The van der Waals surface area contributed by atoms with Crippen molar-refractivity contribution in [3.63, 3.8) is 0 Å². The number of carbonyl (C=O) groups excluding carboxylic acids is 3. The standard InChI is InChI=1S/C52H75BrO18/c1-13-31-23-35(56)38(53)39(57)37(31)49(63)68-43-30(9)66-50(44(64-12)40(43)58)65-24-33-17-15-16-18-34(55)27(6)22-32(14-2)42(28(7)21-26(5)19-20-36(29(8)54)67-48(33)62)70-51-45(69-47(61)25(3)4)41(59)46(60)52(10,11)71-51/h15-17,19,21-23,25,29-30,32,34,36,40-46,50-51,54-60H,13-14,18,20,24H2,1-12H3/b16-15+,26-19+,27-22+,28-21+,33-17+/t29?,30-,32?,34?,36?,40+,41+,42?,43-,44+,45-,46-,50-,51+/m0/s1. The number of phenolic OH excluding ortho intramolecular Hbond substituents is 2. The number of halogens is 1. The maximum atomic E-state index is 14.0. The summed E-state index contributed by atoms with van der Waals surface area (Å²) >= 11 is 3.07. The summed E-state index contributed by atoms with van der Waals surface area (Å²) in [6.45, 7) is 18.2. The third kappa shape index (κ3) is 15.1. The molecule has 71 heavy (non-hydrogen) atoms. The fourth-order valence-electron chi connectivity index (χ4n) is 8.45. The van der Waals surface area contributed by atoms with Gasteiger partial charge in [-0.15, -0.1) is 0 Å². The van der Waals surface area contributed by atoms with E-state index < -0.39 is 127 Å². The normalized spacial score (nSPS) is 35.1. The van der Waals surface area contributed by atoms with Crippen molar-refractivity contribution in [2.24, 2.45) is 11.8 Å². The number of hydrogen-bond acceptors (Lipinski definition) is 18. The number of esters is 3. The van der Waals surface area contributed by atoms with E-state index in [-0.39, 0.29) is 40.6 Å². The van der Waals surface area contributed by atoms with Crippen LogP contribution < -0.4 is 0 Å². The largest absolute Gasteiger partial charge is 0.507 e. The van der Waals surface area contributed by atoms with Crippen molar-refractivity contribution in [2.45, 2.75) is 187 Å². The minimum Gasteiger partial charge on any atom is -0.507 e. The molecule has 1 aromatic rings. The van der Waals surface area contributed by atoms with Gasteiger partial charge in [-0.3, -0.25) is 4.79 Å². The van der Waals surface area contributed by atoms with Gasteiger partial charge in [-0.1, -0.05) is 63.6 Å². The monoisotopic (exact) mass is 1070 g/mol. The van der Waals surface area contributed by atoms with Crippen molar-refractivity contribution in [3.05, 3.63) is 80.4 Å². The van der Waals surface area contributed by atoms with E-state index in [2.05, 4.69) is 15.9 Å². The molecular formula is C52H75BrO18. The van der Waals surface area contributed by atoms with E-state index in [9.17, 15) is 50.1 Å². The molecular weight excluding hydrogens is 992 g/mol. The highest BCUT2D eigenvalue weighted by atomic mass is 79.9. The molecule has 0 amide bonds. The molecule has 2 fully saturated rings. The number of aliphatic hydroxyl groups excluding tert-OH is 5. The lowest BCUT2D eigenvalue weighted by Gasteiger charge is -2.47. The quantitative estimate of drug-likeness (QED) is 0.0711. The number of ether oxygens (including phenoxy) is 8. The molecule has 18 nitrogen and oxygen atoms in total. The van der Waals surface area contributed by atoms with E-state index >= 15 is 0 Å². The first-order valence-electron chi connectivity index (χ1n) is 24.1. The highest BCUT2D eigenvalue weighted by Gasteiger charge is 2.53. The van der Waals surface area contributed by atoms with E-state index in [1.165, 1.54) is 33.1 Å². The first-order chi connectivity index (χ1) is 33.3. The van der Waals surface area contributed by atoms with Gasteiger partial charge in [0.25, 0.3) is 0 Å². The summed E-state index contributed by atoms with van der Waals surface area (Å²) in [6.07, 6.45) is -4.84. The highest BCUT2D eigenvalue weighted by Crippen LogP contribution is 2.40. The Morgan fingerprint density at radius 2 is 1.62 bits per heavy atom. The second-order valence-corrected chi connectivity index (χ2v) is 20.1. The van der Waals surface area contributed by atoms with Gasteiger partial charge in [-0.25, -0.2) is 9.59 Å². The smallest absolute Gasteiger partial charge is 0.342 e. The molecule has 0 radical (unpaired) electrons. The average Bonchev–Trinajstić information content (AvgIpc) is 3.30. The van der Waals surface area contributed by atoms with Crippen LogP contribution in [-0.4, -0.2) is 153 Å². The van der Waals surface area contributed by atoms with Crippen LogP contribution in [0.4, 0.5) is 0 Å². The van der Waals surface area contributed by atoms with Crippen LogP contribution in [0.1, 0.15) is 111 Å². The molecule has 19 heteroatoms. The number of benzene rings is 1. The van der Waals surface area contributed by atoms with Gasteiger partial charge >= 0.3 is 17.9 Å². The van der Waals surface area contributed by atoms with Gasteiger partial charge in [0.2, 0.25) is 0 Å². The Morgan fingerprint density at radius 3 is 2.23 bits per heavy atom. The number of aliphatic hydroxyl groups is 5. The Kier molecular flexibility index (Phi) is 22.1. The first-order valence-corrected chi connectivity index (χ1v) is 24.9. The molecule has 7 N–H and O–H groups in total. The predicted molar refractivity (Wildman–Crippen MR) is 263 cm³/mol. The van der Waals surface area contributed by atoms with Gasteiger partial charge in [0, 0.05) is 19.4 Å². The van der Waals surface area contributed by atoms with Crippen molar-refractivity contribution >= 4 is 33.8 Å². The zero-order valence-corrected chi connectivity index (χ0v) is 44.3. The van der Waals surface area contributed by atoms with Gasteiger partial charge in [0.1, 0.15) is 52.1 Å². The molecule has 5 unspecified atom stereocenters. The molecule has 3 aliphatic heterocycles. The molecule has 0 saturated carbocycles. The molecule has 3 heterocycles. The Bertz CT molecular complexity index is 2160. The van der Waals surface area contributed by atoms with Gasteiger partial charge in [-0.2, -0.15) is 0 Å². The number of phenols is 2. The first kappa shape index (κ1) is 59.6. The fraction of sp³-hybridized carbons (Fsp3) is 0.635. The summed E-state index contributed by atoms with van der Waals surface area (Å²) in [5.41, 5.74) is 0.775. The number of hydrogen-bond donors (Lipinski definition) is 7. The third-order valence-corrected chi connectivity index (χ3v) is 13.7. The maximum Gasteiger partial charge on any atom is 0.342 e. The van der Waals surface area contributed by atoms with Crippen LogP contribution in [0.15, 0.2) is 69.3 Å². The molecule has 0 aliphatic carbocycles. The molecule has 398 valence electrons. The van der Waals surface area contributed by atoms with Crippen LogP contribution in [0.5, 0.6) is 11.5 Å². The van der Waals surface area contributed by atoms with E-state index in [0.29, 0.717) is 28.7 Å². The Labute approximate surface area is 425 Å². The Balaban J connectivity index is 1.63. The number of carbonyl (C=O) groups is 3. The summed E-state index contributed by atoms with van der Waals surface area (Å²) in [5.74, 6) is -4.19. The van der Waals surface area contributed by atoms with Gasteiger partial charge in [0.05, 0.1) is 48.1 Å².